The molecule has 5 aliphatic rings. The molecule has 33 nitrogen and oxygen atoms in total. The lowest BCUT2D eigenvalue weighted by Gasteiger charge is -2.36. The van der Waals surface area contributed by atoms with Crippen molar-refractivity contribution in [2.75, 3.05) is 110 Å². The SMILES string of the molecule is CC(C)(C)c1cc(NC(=O)C2(c3ccc(-c4cnc(N)nc4)cc3)CCOCC2)ccn1.COc1cncc(-c2ccc(NC(=O)C3(c4ccc(-c5cnc6c(c5)CCN6)cc4)CCOCC3)nc2)c1.Cc1nc(-c2ccc(NC(=O)C3(c4ccc(-c5cnc(N)c(CO)c5)cc4)CCOCC3)nc2)cs1.Cc1noc(-c2ccc(NC(=O)C3(c4ccc(-c5cnc(N)nc5)cc4)CCOCC3)nc2)n1. The molecule has 0 unspecified atom stereocenters. The van der Waals surface area contributed by atoms with Crippen LogP contribution in [0, 0.1) is 13.8 Å². The van der Waals surface area contributed by atoms with Crippen LogP contribution in [0.4, 0.5) is 46.7 Å². The van der Waals surface area contributed by atoms with Gasteiger partial charge in [0.1, 0.15) is 34.8 Å². The molecule has 4 fully saturated rings. The molecule has 140 heavy (non-hydrogen) atoms. The van der Waals surface area contributed by atoms with Crippen LogP contribution < -0.4 is 48.5 Å². The molecule has 0 radical (unpaired) electrons. The van der Waals surface area contributed by atoms with Crippen LogP contribution in [0.15, 0.2) is 248 Å². The Labute approximate surface area is 813 Å². The van der Waals surface area contributed by atoms with Crippen LogP contribution in [0.1, 0.15) is 122 Å². The summed E-state index contributed by atoms with van der Waals surface area (Å²) in [4.78, 5) is 110. The van der Waals surface area contributed by atoms with Crippen LogP contribution in [0.5, 0.6) is 5.75 Å². The van der Waals surface area contributed by atoms with Crippen molar-refractivity contribution in [2.24, 2.45) is 0 Å². The molecule has 0 atom stereocenters. The van der Waals surface area contributed by atoms with Gasteiger partial charge >= 0.3 is 0 Å². The number of benzene rings is 4. The molecule has 4 saturated heterocycles. The van der Waals surface area contributed by atoms with Crippen LogP contribution in [-0.2, 0) is 78.2 Å². The minimum absolute atomic E-state index is 0.0181. The summed E-state index contributed by atoms with van der Waals surface area (Å²) in [6.45, 7) is 15.0. The molecule has 714 valence electrons. The zero-order valence-electron chi connectivity index (χ0n) is 78.5. The summed E-state index contributed by atoms with van der Waals surface area (Å²) in [5.74, 6) is 4.54. The Morgan fingerprint density at radius 3 is 1.26 bits per heavy atom. The Bertz CT molecular complexity index is 6810. The monoisotopic (exact) mass is 1900 g/mol. The van der Waals surface area contributed by atoms with Crippen molar-refractivity contribution < 1.29 is 52.5 Å². The van der Waals surface area contributed by atoms with Crippen molar-refractivity contribution in [3.8, 4) is 84.1 Å². The number of aryl methyl sites for hydroxylation is 2. The first-order valence-corrected chi connectivity index (χ1v) is 47.1. The Hall–Kier alpha value is -15.5. The third kappa shape index (κ3) is 22.0. The van der Waals surface area contributed by atoms with E-state index < -0.39 is 21.7 Å². The molecule has 12 N–H and O–H groups in total. The summed E-state index contributed by atoms with van der Waals surface area (Å²) in [7, 11) is 1.61. The molecule has 16 heterocycles. The van der Waals surface area contributed by atoms with Gasteiger partial charge in [0.25, 0.3) is 5.89 Å². The van der Waals surface area contributed by atoms with Gasteiger partial charge < -0.3 is 77.1 Å². The van der Waals surface area contributed by atoms with Gasteiger partial charge in [0.05, 0.1) is 57.8 Å². The van der Waals surface area contributed by atoms with Gasteiger partial charge in [-0.25, -0.2) is 49.8 Å². The highest BCUT2D eigenvalue weighted by Crippen LogP contribution is 2.44. The summed E-state index contributed by atoms with van der Waals surface area (Å²) in [5.41, 5.74) is 33.3. The van der Waals surface area contributed by atoms with E-state index in [1.54, 1.807) is 106 Å². The molecular formula is C106H108N22O11S. The molecule has 15 aromatic rings. The highest BCUT2D eigenvalue weighted by Gasteiger charge is 2.46. The molecule has 5 aliphatic heterocycles. The fourth-order valence-electron chi connectivity index (χ4n) is 17.8. The van der Waals surface area contributed by atoms with Crippen molar-refractivity contribution >= 4 is 81.6 Å². The number of rotatable bonds is 21. The van der Waals surface area contributed by atoms with Gasteiger partial charge in [-0.05, 0) is 188 Å². The quantitative estimate of drug-likeness (QED) is 0.0323. The number of nitrogens with one attached hydrogen (secondary N) is 5. The van der Waals surface area contributed by atoms with Gasteiger partial charge in [0.15, 0.2) is 5.82 Å². The summed E-state index contributed by atoms with van der Waals surface area (Å²) >= 11 is 1.59. The molecule has 4 amide bonds. The molecular weight excluding hydrogens is 1790 g/mol. The van der Waals surface area contributed by atoms with E-state index in [2.05, 4.69) is 148 Å². The van der Waals surface area contributed by atoms with E-state index in [0.29, 0.717) is 156 Å². The van der Waals surface area contributed by atoms with E-state index in [1.165, 1.54) is 5.56 Å². The number of ether oxygens (including phenoxy) is 5. The van der Waals surface area contributed by atoms with E-state index in [9.17, 15) is 24.3 Å². The van der Waals surface area contributed by atoms with E-state index in [1.807, 2.05) is 140 Å². The Morgan fingerprint density at radius 1 is 0.436 bits per heavy atom. The van der Waals surface area contributed by atoms with Crippen LogP contribution >= 0.6 is 11.3 Å². The Kier molecular flexibility index (Phi) is 29.6. The number of anilines is 8. The molecule has 20 rings (SSSR count). The number of aromatic nitrogens is 14. The number of aliphatic hydroxyl groups excluding tert-OH is 1. The average molecular weight is 1900 g/mol. The van der Waals surface area contributed by atoms with Crippen LogP contribution in [0.25, 0.3) is 78.3 Å². The number of methoxy groups -OCH3 is 1. The van der Waals surface area contributed by atoms with E-state index in [0.717, 1.165) is 124 Å². The van der Waals surface area contributed by atoms with E-state index in [4.69, 9.17) is 45.4 Å². The van der Waals surface area contributed by atoms with Crippen molar-refractivity contribution in [1.82, 2.24) is 69.9 Å². The first-order chi connectivity index (χ1) is 67.9. The number of carbonyl (C=O) groups is 4. The van der Waals surface area contributed by atoms with Gasteiger partial charge in [-0.1, -0.05) is 123 Å². The van der Waals surface area contributed by atoms with E-state index >= 15 is 0 Å². The number of nitrogen functional groups attached to an aromatic ring is 3. The number of hydrogen-bond acceptors (Lipinski definition) is 30. The number of fused-ring (bicyclic) bond motifs is 1. The zero-order valence-corrected chi connectivity index (χ0v) is 79.3. The van der Waals surface area contributed by atoms with Crippen molar-refractivity contribution in [3.63, 3.8) is 0 Å². The lowest BCUT2D eigenvalue weighted by Crippen LogP contribution is -2.45. The fourth-order valence-corrected chi connectivity index (χ4v) is 18.5. The second-order valence-corrected chi connectivity index (χ2v) is 36.9. The van der Waals surface area contributed by atoms with E-state index in [-0.39, 0.29) is 47.5 Å². The number of hydrogen-bond donors (Lipinski definition) is 9. The lowest BCUT2D eigenvalue weighted by molar-refractivity contribution is -0.125. The first-order valence-electron chi connectivity index (χ1n) is 46.3. The maximum absolute atomic E-state index is 13.8. The Morgan fingerprint density at radius 2 is 0.843 bits per heavy atom. The van der Waals surface area contributed by atoms with Crippen molar-refractivity contribution in [1.29, 1.82) is 0 Å². The smallest absolute Gasteiger partial charge is 0.259 e. The number of thiazole rings is 1. The normalized spacial score (nSPS) is 15.4. The minimum Gasteiger partial charge on any atom is -0.495 e. The number of pyridine rings is 7. The average Bonchev–Trinajstić information content (AvgIpc) is 0.893. The summed E-state index contributed by atoms with van der Waals surface area (Å²) < 4.78 is 32.8. The molecule has 4 aromatic carbocycles. The first kappa shape index (κ1) is 96.2. The standard InChI is InChI=1S/C30H29N5O3.C27H27N5O3S.C25H29N5O2.C24H23N7O3/c1-37-26-15-24(16-31-19-26)22-4-7-27(33-17-22)35-29(36)30(9-12-38-13-10-30)25-5-2-20(3-6-25)23-14-21-8-11-32-28(21)34-18-23;1-17-31-23(16-36-17)19-4-7-24(29-13-19)32-26(34)27(8-10-35-11-9-27)22-5-2-18(3-6-22)20-12-21(15-33)25(28)30-14-20;1-24(2,3)21-14-20(8-11-27-21)30-22(31)25(9-12-32-13-10-25)19-6-4-17(5-7-19)18-15-28-23(26)29-16-18;1-15-29-21(34-31-15)17-4-7-20(26-12-17)30-22(32)24(8-10-33-11-9-24)19-5-2-16(3-6-19)18-13-27-23(25)28-14-18/h2-7,14-19H,8-13H2,1H3,(H,32,34)(H,33,35,36);2-7,12-14,16,33H,8-11,15H2,1H3,(H2,28,30)(H,29,32,34);4-8,11,14-16H,9-10,12-13H2,1-3H3,(H2,26,28,29)(H,27,30,31);2-7,12-14H,8-11H2,1H3,(H2,25,27,28)(H,26,30,32). The minimum atomic E-state index is -0.724. The number of amides is 4. The topological polar surface area (TPSA) is 466 Å². The van der Waals surface area contributed by atoms with Crippen LogP contribution in [0.2, 0.25) is 0 Å². The highest BCUT2D eigenvalue weighted by atomic mass is 32.1. The van der Waals surface area contributed by atoms with Gasteiger partial charge in [0.2, 0.25) is 35.5 Å². The number of nitrogens with zero attached hydrogens (tertiary/aromatic N) is 14. The third-order valence-corrected chi connectivity index (χ3v) is 26.9. The Balaban J connectivity index is 0.000000129. The van der Waals surface area contributed by atoms with Gasteiger partial charge in [-0.15, -0.1) is 11.3 Å². The fraction of sp³-hybridized carbons (Fsp3) is 0.283. The summed E-state index contributed by atoms with van der Waals surface area (Å²) in [6.07, 6.45) is 26.3. The zero-order chi connectivity index (χ0) is 97.4. The molecule has 0 bridgehead atoms. The molecule has 0 spiro atoms. The van der Waals surface area contributed by atoms with Crippen LogP contribution in [-0.4, -0.2) is 165 Å². The molecule has 0 aliphatic carbocycles. The van der Waals surface area contributed by atoms with Crippen molar-refractivity contribution in [3.05, 3.63) is 293 Å². The van der Waals surface area contributed by atoms with Crippen molar-refractivity contribution in [2.45, 2.75) is 126 Å². The largest absolute Gasteiger partial charge is 0.495 e. The maximum atomic E-state index is 13.8. The second-order valence-electron chi connectivity index (χ2n) is 35.9. The van der Waals surface area contributed by atoms with Gasteiger partial charge in [0, 0.05) is 194 Å². The summed E-state index contributed by atoms with van der Waals surface area (Å²) in [6, 6.07) is 52.8. The third-order valence-electron chi connectivity index (χ3n) is 26.1. The predicted molar refractivity (Wildman–Crippen MR) is 536 cm³/mol. The predicted octanol–water partition coefficient (Wildman–Crippen LogP) is 16.5. The molecule has 11 aromatic heterocycles. The lowest BCUT2D eigenvalue weighted by atomic mass is 9.73. The highest BCUT2D eigenvalue weighted by molar-refractivity contribution is 7.09. The number of nitrogens with two attached hydrogens (primary N) is 3. The molecule has 34 heteroatoms. The summed E-state index contributed by atoms with van der Waals surface area (Å²) in [5, 5.41) is 31.8. The second kappa shape index (κ2) is 43.1. The van der Waals surface area contributed by atoms with Gasteiger partial charge in [-0.2, -0.15) is 4.98 Å². The number of aliphatic hydroxyl groups is 1. The maximum Gasteiger partial charge on any atom is 0.259 e. The molecule has 0 saturated carbocycles. The van der Waals surface area contributed by atoms with Crippen LogP contribution in [0.3, 0.4) is 0 Å². The number of carbonyl (C=O) groups excluding carboxylic acids is 4. The van der Waals surface area contributed by atoms with Gasteiger partial charge in [-0.3, -0.25) is 29.1 Å².